The van der Waals surface area contributed by atoms with Crippen molar-refractivity contribution in [3.05, 3.63) is 84.3 Å². The fraction of sp³-hybridized carbons (Fsp3) is 0.136. The lowest BCUT2D eigenvalue weighted by atomic mass is 10.2. The molecule has 5 nitrogen and oxygen atoms in total. The van der Waals surface area contributed by atoms with E-state index >= 15 is 0 Å². The van der Waals surface area contributed by atoms with Crippen LogP contribution in [0.1, 0.15) is 5.69 Å². The van der Waals surface area contributed by atoms with Gasteiger partial charge in [-0.25, -0.2) is 4.98 Å². The topological polar surface area (TPSA) is 56.9 Å². The number of benzene rings is 1. The van der Waals surface area contributed by atoms with E-state index < -0.39 is 0 Å². The molecule has 4 heterocycles. The second kappa shape index (κ2) is 8.58. The third-order valence-corrected chi connectivity index (χ3v) is 8.48. The van der Waals surface area contributed by atoms with Crippen LogP contribution >= 0.6 is 45.8 Å². The first-order valence-electron chi connectivity index (χ1n) is 9.55. The van der Waals surface area contributed by atoms with Crippen LogP contribution in [0.2, 0.25) is 0 Å². The van der Waals surface area contributed by atoms with Gasteiger partial charge in [-0.1, -0.05) is 47.4 Å². The minimum absolute atomic E-state index is 0.0424. The summed E-state index contributed by atoms with van der Waals surface area (Å²) in [5.74, 6) is 0.644. The highest BCUT2D eigenvalue weighted by Gasteiger charge is 2.19. The van der Waals surface area contributed by atoms with Gasteiger partial charge in [-0.3, -0.25) is 14.2 Å². The van der Waals surface area contributed by atoms with Crippen molar-refractivity contribution < 1.29 is 0 Å². The molecule has 0 amide bonds. The van der Waals surface area contributed by atoms with Crippen molar-refractivity contribution in [3.63, 3.8) is 0 Å². The van der Waals surface area contributed by atoms with Gasteiger partial charge >= 0.3 is 4.87 Å². The molecule has 31 heavy (non-hydrogen) atoms. The van der Waals surface area contributed by atoms with Gasteiger partial charge in [0.05, 0.1) is 11.1 Å². The van der Waals surface area contributed by atoms with Gasteiger partial charge in [0.2, 0.25) is 0 Å². The number of thiophene rings is 2. The number of aromatic nitrogens is 3. The molecule has 0 spiro atoms. The Morgan fingerprint density at radius 1 is 1.00 bits per heavy atom. The Labute approximate surface area is 194 Å². The number of hydrogen-bond donors (Lipinski definition) is 0. The number of hydrogen-bond acceptors (Lipinski definition) is 7. The summed E-state index contributed by atoms with van der Waals surface area (Å²) < 4.78 is 3.46. The summed E-state index contributed by atoms with van der Waals surface area (Å²) in [6, 6.07) is 13.6. The summed E-state index contributed by atoms with van der Waals surface area (Å²) in [5.41, 5.74) is 2.62. The van der Waals surface area contributed by atoms with Gasteiger partial charge in [0.25, 0.3) is 5.56 Å². The maximum Gasteiger partial charge on any atom is 0.307 e. The van der Waals surface area contributed by atoms with Crippen LogP contribution < -0.4 is 10.4 Å². The molecule has 156 valence electrons. The average molecular weight is 484 g/mol. The molecule has 0 aliphatic carbocycles. The third-order valence-electron chi connectivity index (χ3n) is 4.90. The van der Waals surface area contributed by atoms with E-state index in [1.54, 1.807) is 20.5 Å². The molecule has 0 N–H and O–H groups in total. The smallest absolute Gasteiger partial charge is 0.303 e. The highest BCUT2D eigenvalue weighted by atomic mass is 32.2. The molecule has 5 rings (SSSR count). The minimum Gasteiger partial charge on any atom is -0.303 e. The summed E-state index contributed by atoms with van der Waals surface area (Å²) in [7, 11) is 0. The molecule has 0 atom stereocenters. The first-order valence-corrected chi connectivity index (χ1v) is 13.2. The molecule has 9 heteroatoms. The monoisotopic (exact) mass is 483 g/mol. The van der Waals surface area contributed by atoms with E-state index in [1.165, 1.54) is 34.4 Å². The van der Waals surface area contributed by atoms with E-state index in [2.05, 4.69) is 0 Å². The standard InChI is InChI=1S/C22H17N3O2S4/c1-14-12-31-22(27)24(14)9-11-29-21-23-19-18(16(13-30-19)17-8-5-10-28-17)20(26)25(21)15-6-3-2-4-7-15/h2-8,10,12-13H,9,11H2,1H3. The molecule has 0 unspecified atom stereocenters. The van der Waals surface area contributed by atoms with Crippen LogP contribution in [-0.2, 0) is 6.54 Å². The first kappa shape index (κ1) is 20.4. The largest absolute Gasteiger partial charge is 0.307 e. The van der Waals surface area contributed by atoms with Crippen molar-refractivity contribution in [2.75, 3.05) is 5.75 Å². The molecule has 0 saturated heterocycles. The summed E-state index contributed by atoms with van der Waals surface area (Å²) >= 11 is 5.83. The zero-order chi connectivity index (χ0) is 21.4. The molecule has 5 aromatic rings. The van der Waals surface area contributed by atoms with Crippen molar-refractivity contribution in [2.45, 2.75) is 18.6 Å². The van der Waals surface area contributed by atoms with Gasteiger partial charge in [-0.2, -0.15) is 0 Å². The fourth-order valence-corrected chi connectivity index (χ4v) is 6.89. The predicted molar refractivity (Wildman–Crippen MR) is 133 cm³/mol. The molecule has 1 aromatic carbocycles. The molecule has 0 fully saturated rings. The van der Waals surface area contributed by atoms with Crippen LogP contribution in [0.5, 0.6) is 0 Å². The Hall–Kier alpha value is -2.46. The Morgan fingerprint density at radius 3 is 2.55 bits per heavy atom. The molecule has 0 saturated carbocycles. The molecular weight excluding hydrogens is 467 g/mol. The fourth-order valence-electron chi connectivity index (χ4n) is 3.39. The van der Waals surface area contributed by atoms with E-state index in [9.17, 15) is 9.59 Å². The van der Waals surface area contributed by atoms with Crippen molar-refractivity contribution in [1.82, 2.24) is 14.1 Å². The van der Waals surface area contributed by atoms with Crippen molar-refractivity contribution in [1.29, 1.82) is 0 Å². The quantitative estimate of drug-likeness (QED) is 0.236. The lowest BCUT2D eigenvalue weighted by molar-refractivity contribution is 0.727. The molecule has 4 aromatic heterocycles. The van der Waals surface area contributed by atoms with Crippen LogP contribution in [0.15, 0.2) is 73.4 Å². The summed E-state index contributed by atoms with van der Waals surface area (Å²) in [4.78, 5) is 32.4. The second-order valence-electron chi connectivity index (χ2n) is 6.82. The number of fused-ring (bicyclic) bond motifs is 1. The molecule has 0 aliphatic rings. The third kappa shape index (κ3) is 3.82. The van der Waals surface area contributed by atoms with Crippen molar-refractivity contribution >= 4 is 56.0 Å². The number of nitrogens with zero attached hydrogens (tertiary/aromatic N) is 3. The Bertz CT molecular complexity index is 1460. The second-order valence-corrected chi connectivity index (χ2v) is 10.5. The lowest BCUT2D eigenvalue weighted by Crippen LogP contribution is -2.22. The van der Waals surface area contributed by atoms with E-state index in [4.69, 9.17) is 4.98 Å². The summed E-state index contributed by atoms with van der Waals surface area (Å²) in [6.07, 6.45) is 0. The highest BCUT2D eigenvalue weighted by Crippen LogP contribution is 2.35. The number of rotatable bonds is 6. The highest BCUT2D eigenvalue weighted by molar-refractivity contribution is 7.99. The molecule has 0 bridgehead atoms. The van der Waals surface area contributed by atoms with Gasteiger partial charge < -0.3 is 4.57 Å². The van der Waals surface area contributed by atoms with Gasteiger partial charge in [-0.05, 0) is 30.5 Å². The average Bonchev–Trinajstić information content (AvgIpc) is 3.51. The van der Waals surface area contributed by atoms with Crippen LogP contribution in [0.3, 0.4) is 0 Å². The van der Waals surface area contributed by atoms with Gasteiger partial charge in [0.1, 0.15) is 4.83 Å². The van der Waals surface area contributed by atoms with E-state index in [0.717, 1.165) is 26.7 Å². The minimum atomic E-state index is -0.0627. The van der Waals surface area contributed by atoms with Crippen LogP contribution in [-0.4, -0.2) is 19.9 Å². The summed E-state index contributed by atoms with van der Waals surface area (Å²) in [6.45, 7) is 2.51. The number of para-hydroxylation sites is 1. The Morgan fingerprint density at radius 2 is 1.84 bits per heavy atom. The Kier molecular flexibility index (Phi) is 5.66. The van der Waals surface area contributed by atoms with Crippen molar-refractivity contribution in [2.24, 2.45) is 0 Å². The normalized spacial score (nSPS) is 11.4. The first-order chi connectivity index (χ1) is 15.1. The van der Waals surface area contributed by atoms with Crippen LogP contribution in [0, 0.1) is 6.92 Å². The van der Waals surface area contributed by atoms with E-state index in [1.807, 2.05) is 65.5 Å². The summed E-state index contributed by atoms with van der Waals surface area (Å²) in [5, 5.41) is 7.20. The Balaban J connectivity index is 1.60. The van der Waals surface area contributed by atoms with Crippen LogP contribution in [0.4, 0.5) is 0 Å². The van der Waals surface area contributed by atoms with Gasteiger partial charge in [0.15, 0.2) is 5.16 Å². The van der Waals surface area contributed by atoms with Gasteiger partial charge in [0, 0.05) is 39.2 Å². The maximum atomic E-state index is 13.7. The molecule has 0 radical (unpaired) electrons. The lowest BCUT2D eigenvalue weighted by Gasteiger charge is -2.13. The van der Waals surface area contributed by atoms with Gasteiger partial charge in [-0.15, -0.1) is 22.7 Å². The molecule has 0 aliphatic heterocycles. The zero-order valence-electron chi connectivity index (χ0n) is 16.5. The van der Waals surface area contributed by atoms with E-state index in [-0.39, 0.29) is 10.4 Å². The zero-order valence-corrected chi connectivity index (χ0v) is 19.7. The van der Waals surface area contributed by atoms with Crippen LogP contribution in [0.25, 0.3) is 26.3 Å². The maximum absolute atomic E-state index is 13.7. The predicted octanol–water partition coefficient (Wildman–Crippen LogP) is 5.50. The number of thiazole rings is 1. The SMILES string of the molecule is Cc1csc(=O)n1CCSc1nc2scc(-c3cccs3)c2c(=O)n1-c1ccccc1. The van der Waals surface area contributed by atoms with Crippen molar-refractivity contribution in [3.8, 4) is 16.1 Å². The number of thioether (sulfide) groups is 1. The number of aryl methyl sites for hydroxylation is 1. The van der Waals surface area contributed by atoms with E-state index in [0.29, 0.717) is 22.8 Å². The molecular formula is C22H17N3O2S4.